The Morgan fingerprint density at radius 3 is 2.44 bits per heavy atom. The van der Waals surface area contributed by atoms with Gasteiger partial charge in [0.25, 0.3) is 5.91 Å². The largest absolute Gasteiger partial charge is 0.465 e. The first-order valence-electron chi connectivity index (χ1n) is 6.20. The summed E-state index contributed by atoms with van der Waals surface area (Å²) in [7, 11) is 1.33. The van der Waals surface area contributed by atoms with Crippen LogP contribution in [0.25, 0.3) is 0 Å². The van der Waals surface area contributed by atoms with Crippen LogP contribution in [-0.4, -0.2) is 37.0 Å². The van der Waals surface area contributed by atoms with E-state index in [1.54, 1.807) is 24.3 Å². The molecular weight excluding hydrogens is 230 g/mol. The summed E-state index contributed by atoms with van der Waals surface area (Å²) in [4.78, 5) is 25.5. The van der Waals surface area contributed by atoms with Crippen molar-refractivity contribution in [2.24, 2.45) is 0 Å². The third kappa shape index (κ3) is 2.70. The van der Waals surface area contributed by atoms with Crippen LogP contribution >= 0.6 is 0 Å². The number of rotatable bonds is 2. The minimum absolute atomic E-state index is 0.000420. The number of carbonyl (C=O) groups is 2. The predicted molar refractivity (Wildman–Crippen MR) is 67.5 cm³/mol. The van der Waals surface area contributed by atoms with Gasteiger partial charge in [-0.1, -0.05) is 6.07 Å². The third-order valence-corrected chi connectivity index (χ3v) is 3.17. The summed E-state index contributed by atoms with van der Waals surface area (Å²) < 4.78 is 4.65. The standard InChI is InChI=1S/C14H17NO3/c1-18-14(17)12-7-5-6-11(10-12)13(16)15-8-3-2-4-9-15/h5-7,10H,2-4,8-9H2,1H3. The number of esters is 1. The van der Waals surface area contributed by atoms with Gasteiger partial charge in [-0.25, -0.2) is 4.79 Å². The van der Waals surface area contributed by atoms with Gasteiger partial charge in [-0.3, -0.25) is 4.79 Å². The van der Waals surface area contributed by atoms with Crippen molar-refractivity contribution in [2.75, 3.05) is 20.2 Å². The van der Waals surface area contributed by atoms with Gasteiger partial charge in [-0.05, 0) is 37.5 Å². The number of methoxy groups -OCH3 is 1. The van der Waals surface area contributed by atoms with Crippen molar-refractivity contribution < 1.29 is 14.3 Å². The van der Waals surface area contributed by atoms with Crippen molar-refractivity contribution >= 4 is 11.9 Å². The molecule has 0 radical (unpaired) electrons. The normalized spacial score (nSPS) is 15.3. The molecule has 1 heterocycles. The summed E-state index contributed by atoms with van der Waals surface area (Å²) in [6, 6.07) is 6.70. The van der Waals surface area contributed by atoms with Crippen molar-refractivity contribution in [3.63, 3.8) is 0 Å². The zero-order valence-electron chi connectivity index (χ0n) is 10.5. The fraction of sp³-hybridized carbons (Fsp3) is 0.429. The monoisotopic (exact) mass is 247 g/mol. The first-order chi connectivity index (χ1) is 8.72. The van der Waals surface area contributed by atoms with Gasteiger partial charge >= 0.3 is 5.97 Å². The summed E-state index contributed by atoms with van der Waals surface area (Å²) in [6.45, 7) is 1.61. The van der Waals surface area contributed by atoms with Crippen molar-refractivity contribution in [1.82, 2.24) is 4.90 Å². The van der Waals surface area contributed by atoms with Crippen molar-refractivity contribution in [3.05, 3.63) is 35.4 Å². The average Bonchev–Trinajstić information content (AvgIpc) is 2.46. The van der Waals surface area contributed by atoms with Gasteiger partial charge < -0.3 is 9.64 Å². The predicted octanol–water partition coefficient (Wildman–Crippen LogP) is 2.10. The SMILES string of the molecule is COC(=O)c1cccc(C(=O)N2CCCCC2)c1. The van der Waals surface area contributed by atoms with Gasteiger partial charge in [-0.15, -0.1) is 0 Å². The van der Waals surface area contributed by atoms with Gasteiger partial charge in [0.15, 0.2) is 0 Å². The minimum Gasteiger partial charge on any atom is -0.465 e. The average molecular weight is 247 g/mol. The number of amides is 1. The lowest BCUT2D eigenvalue weighted by Crippen LogP contribution is -2.35. The van der Waals surface area contributed by atoms with Crippen LogP contribution in [0, 0.1) is 0 Å². The molecule has 0 aromatic heterocycles. The van der Waals surface area contributed by atoms with Crippen LogP contribution in [-0.2, 0) is 4.74 Å². The number of ether oxygens (including phenoxy) is 1. The molecule has 4 nitrogen and oxygen atoms in total. The number of benzene rings is 1. The fourth-order valence-corrected chi connectivity index (χ4v) is 2.18. The van der Waals surface area contributed by atoms with Crippen molar-refractivity contribution in [1.29, 1.82) is 0 Å². The van der Waals surface area contributed by atoms with E-state index in [0.29, 0.717) is 11.1 Å². The molecule has 0 atom stereocenters. The number of carbonyl (C=O) groups excluding carboxylic acids is 2. The van der Waals surface area contributed by atoms with Crippen LogP contribution in [0.15, 0.2) is 24.3 Å². The molecule has 18 heavy (non-hydrogen) atoms. The molecule has 0 saturated carbocycles. The molecule has 0 N–H and O–H groups in total. The van der Waals surface area contributed by atoms with Gasteiger partial charge in [0, 0.05) is 18.7 Å². The van der Waals surface area contributed by atoms with Gasteiger partial charge in [-0.2, -0.15) is 0 Å². The quantitative estimate of drug-likeness (QED) is 0.752. The first-order valence-corrected chi connectivity index (χ1v) is 6.20. The van der Waals surface area contributed by atoms with E-state index < -0.39 is 5.97 Å². The van der Waals surface area contributed by atoms with E-state index in [-0.39, 0.29) is 5.91 Å². The van der Waals surface area contributed by atoms with Crippen LogP contribution in [0.5, 0.6) is 0 Å². The molecule has 1 aromatic rings. The van der Waals surface area contributed by atoms with E-state index in [1.807, 2.05) is 4.90 Å². The third-order valence-electron chi connectivity index (χ3n) is 3.17. The lowest BCUT2D eigenvalue weighted by Gasteiger charge is -2.26. The highest BCUT2D eigenvalue weighted by Crippen LogP contribution is 2.14. The van der Waals surface area contributed by atoms with E-state index >= 15 is 0 Å². The lowest BCUT2D eigenvalue weighted by molar-refractivity contribution is 0.0600. The molecule has 1 saturated heterocycles. The Hall–Kier alpha value is -1.84. The Bertz CT molecular complexity index is 450. The smallest absolute Gasteiger partial charge is 0.337 e. The number of hydrogen-bond acceptors (Lipinski definition) is 3. The molecular formula is C14H17NO3. The highest BCUT2D eigenvalue weighted by molar-refractivity contribution is 5.97. The van der Waals surface area contributed by atoms with E-state index in [1.165, 1.54) is 13.5 Å². The van der Waals surface area contributed by atoms with E-state index in [0.717, 1.165) is 25.9 Å². The van der Waals surface area contributed by atoms with Crippen LogP contribution in [0.4, 0.5) is 0 Å². The summed E-state index contributed by atoms with van der Waals surface area (Å²) in [6.07, 6.45) is 3.30. The number of piperidine rings is 1. The zero-order valence-corrected chi connectivity index (χ0v) is 10.5. The number of likely N-dealkylation sites (tertiary alicyclic amines) is 1. The zero-order chi connectivity index (χ0) is 13.0. The van der Waals surface area contributed by atoms with Crippen LogP contribution < -0.4 is 0 Å². The van der Waals surface area contributed by atoms with E-state index in [2.05, 4.69) is 4.74 Å². The van der Waals surface area contributed by atoms with Crippen LogP contribution in [0.2, 0.25) is 0 Å². The van der Waals surface area contributed by atoms with Crippen molar-refractivity contribution in [3.8, 4) is 0 Å². The topological polar surface area (TPSA) is 46.6 Å². The summed E-state index contributed by atoms with van der Waals surface area (Å²) in [5.74, 6) is -0.413. The van der Waals surface area contributed by atoms with Gasteiger partial charge in [0.2, 0.25) is 0 Å². The molecule has 0 spiro atoms. The molecule has 1 fully saturated rings. The Kier molecular flexibility index (Phi) is 3.97. The van der Waals surface area contributed by atoms with Crippen LogP contribution in [0.1, 0.15) is 40.0 Å². The molecule has 0 bridgehead atoms. The lowest BCUT2D eigenvalue weighted by atomic mass is 10.1. The molecule has 0 unspecified atom stereocenters. The number of hydrogen-bond donors (Lipinski definition) is 0. The second kappa shape index (κ2) is 5.67. The second-order valence-electron chi connectivity index (χ2n) is 4.43. The Balaban J connectivity index is 2.17. The van der Waals surface area contributed by atoms with E-state index in [4.69, 9.17) is 0 Å². The molecule has 4 heteroatoms. The molecule has 1 aliphatic rings. The molecule has 1 aliphatic heterocycles. The fourth-order valence-electron chi connectivity index (χ4n) is 2.18. The first kappa shape index (κ1) is 12.6. The molecule has 0 aliphatic carbocycles. The molecule has 1 aromatic carbocycles. The minimum atomic E-state index is -0.414. The summed E-state index contributed by atoms with van der Waals surface area (Å²) in [5.41, 5.74) is 0.972. The maximum atomic E-state index is 12.2. The Morgan fingerprint density at radius 2 is 1.78 bits per heavy atom. The maximum Gasteiger partial charge on any atom is 0.337 e. The van der Waals surface area contributed by atoms with E-state index in [9.17, 15) is 9.59 Å². The van der Waals surface area contributed by atoms with Crippen molar-refractivity contribution in [2.45, 2.75) is 19.3 Å². The highest BCUT2D eigenvalue weighted by atomic mass is 16.5. The molecule has 96 valence electrons. The molecule has 1 amide bonds. The Morgan fingerprint density at radius 1 is 1.11 bits per heavy atom. The number of nitrogens with zero attached hydrogens (tertiary/aromatic N) is 1. The maximum absolute atomic E-state index is 12.2. The second-order valence-corrected chi connectivity index (χ2v) is 4.43. The molecule has 2 rings (SSSR count). The Labute approximate surface area is 107 Å². The highest BCUT2D eigenvalue weighted by Gasteiger charge is 2.19. The van der Waals surface area contributed by atoms with Gasteiger partial charge in [0.05, 0.1) is 12.7 Å². The summed E-state index contributed by atoms with van der Waals surface area (Å²) >= 11 is 0. The van der Waals surface area contributed by atoms with Gasteiger partial charge in [0.1, 0.15) is 0 Å². The van der Waals surface area contributed by atoms with Crippen LogP contribution in [0.3, 0.4) is 0 Å². The summed E-state index contributed by atoms with van der Waals surface area (Å²) in [5, 5.41) is 0.